The van der Waals surface area contributed by atoms with Crippen LogP contribution in [0.3, 0.4) is 0 Å². The van der Waals surface area contributed by atoms with Gasteiger partial charge in [-0.2, -0.15) is 0 Å². The number of rotatable bonds is 2. The monoisotopic (exact) mass is 338 g/mol. The Kier molecular flexibility index (Phi) is 4.38. The number of nitrogens with zero attached hydrogens (tertiary/aromatic N) is 3. The maximum atomic E-state index is 12.8. The van der Waals surface area contributed by atoms with E-state index in [0.29, 0.717) is 28.7 Å². The molecule has 5 nitrogen and oxygen atoms in total. The molecule has 1 atom stereocenters. The first-order chi connectivity index (χ1) is 10.6. The summed E-state index contributed by atoms with van der Waals surface area (Å²) in [4.78, 5) is 19.1. The highest BCUT2D eigenvalue weighted by Crippen LogP contribution is 2.26. The van der Waals surface area contributed by atoms with Crippen molar-refractivity contribution in [1.82, 2.24) is 19.8 Å². The van der Waals surface area contributed by atoms with Gasteiger partial charge in [0.2, 0.25) is 0 Å². The number of hydrogen-bond acceptors (Lipinski definition) is 3. The number of amides is 1. The third-order valence-electron chi connectivity index (χ3n) is 3.83. The van der Waals surface area contributed by atoms with Gasteiger partial charge in [0.05, 0.1) is 10.0 Å². The summed E-state index contributed by atoms with van der Waals surface area (Å²) in [5.74, 6) is 0.800. The minimum absolute atomic E-state index is 0.0620. The smallest absolute Gasteiger partial charge is 0.254 e. The van der Waals surface area contributed by atoms with Gasteiger partial charge in [0.25, 0.3) is 5.91 Å². The molecule has 22 heavy (non-hydrogen) atoms. The van der Waals surface area contributed by atoms with Gasteiger partial charge in [0.1, 0.15) is 11.9 Å². The maximum Gasteiger partial charge on any atom is 0.254 e. The van der Waals surface area contributed by atoms with Gasteiger partial charge >= 0.3 is 0 Å². The molecule has 0 spiro atoms. The summed E-state index contributed by atoms with van der Waals surface area (Å²) in [5.41, 5.74) is 0.538. The molecule has 1 aliphatic heterocycles. The van der Waals surface area contributed by atoms with Crippen LogP contribution in [0.4, 0.5) is 0 Å². The van der Waals surface area contributed by atoms with E-state index in [0.717, 1.165) is 12.4 Å². The van der Waals surface area contributed by atoms with E-state index in [1.54, 1.807) is 24.4 Å². The molecule has 1 amide bonds. The number of nitrogens with one attached hydrogen (secondary N) is 1. The Hall–Kier alpha value is -1.56. The fourth-order valence-corrected chi connectivity index (χ4v) is 2.97. The zero-order valence-corrected chi connectivity index (χ0v) is 13.6. The Morgan fingerprint density at radius 1 is 1.36 bits per heavy atom. The average Bonchev–Trinajstić information content (AvgIpc) is 2.95. The third kappa shape index (κ3) is 2.84. The molecule has 1 aliphatic rings. The van der Waals surface area contributed by atoms with Crippen LogP contribution in [0.1, 0.15) is 22.2 Å². The molecule has 0 bridgehead atoms. The van der Waals surface area contributed by atoms with E-state index in [2.05, 4.69) is 10.3 Å². The molecule has 1 unspecified atom stereocenters. The molecule has 1 aromatic heterocycles. The van der Waals surface area contributed by atoms with Crippen molar-refractivity contribution in [2.45, 2.75) is 6.04 Å². The first-order valence-electron chi connectivity index (χ1n) is 7.02. The second-order valence-corrected chi connectivity index (χ2v) is 6.06. The van der Waals surface area contributed by atoms with Crippen molar-refractivity contribution in [2.24, 2.45) is 7.05 Å². The second-order valence-electron chi connectivity index (χ2n) is 5.24. The van der Waals surface area contributed by atoms with Crippen LogP contribution in [0.15, 0.2) is 30.6 Å². The fourth-order valence-electron chi connectivity index (χ4n) is 2.67. The molecule has 1 fully saturated rings. The molecule has 7 heteroatoms. The van der Waals surface area contributed by atoms with Crippen molar-refractivity contribution >= 4 is 29.1 Å². The second kappa shape index (κ2) is 6.28. The summed E-state index contributed by atoms with van der Waals surface area (Å²) in [7, 11) is 1.93. The van der Waals surface area contributed by atoms with Crippen LogP contribution in [0.25, 0.3) is 0 Å². The average molecular weight is 339 g/mol. The van der Waals surface area contributed by atoms with Gasteiger partial charge in [0, 0.05) is 44.6 Å². The largest absolute Gasteiger partial charge is 0.336 e. The zero-order chi connectivity index (χ0) is 15.7. The van der Waals surface area contributed by atoms with Crippen LogP contribution in [0.5, 0.6) is 0 Å². The Labute approximate surface area is 138 Å². The Morgan fingerprint density at radius 3 is 2.86 bits per heavy atom. The Bertz CT molecular complexity index is 701. The standard InChI is InChI=1S/C15H16Cl2N4O/c1-20-6-5-19-14(20)13-9-18-4-7-21(13)15(22)10-2-3-11(16)12(17)8-10/h2-3,5-6,8,13,18H,4,7,9H2,1H3. The molecule has 1 saturated heterocycles. The van der Waals surface area contributed by atoms with E-state index >= 15 is 0 Å². The topological polar surface area (TPSA) is 50.2 Å². The minimum atomic E-state index is -0.101. The lowest BCUT2D eigenvalue weighted by Crippen LogP contribution is -2.49. The Morgan fingerprint density at radius 2 is 2.18 bits per heavy atom. The van der Waals surface area contributed by atoms with Crippen LogP contribution < -0.4 is 5.32 Å². The molecule has 0 radical (unpaired) electrons. The molecule has 0 saturated carbocycles. The molecular formula is C15H16Cl2N4O. The molecule has 1 aromatic carbocycles. The molecule has 0 aliphatic carbocycles. The lowest BCUT2D eigenvalue weighted by Gasteiger charge is -2.35. The number of benzene rings is 1. The van der Waals surface area contributed by atoms with Crippen LogP contribution >= 0.6 is 23.2 Å². The number of halogens is 2. The van der Waals surface area contributed by atoms with Crippen molar-refractivity contribution in [1.29, 1.82) is 0 Å². The van der Waals surface area contributed by atoms with Crippen molar-refractivity contribution in [3.63, 3.8) is 0 Å². The quantitative estimate of drug-likeness (QED) is 0.915. The van der Waals surface area contributed by atoms with Crippen molar-refractivity contribution in [3.05, 3.63) is 52.0 Å². The predicted molar refractivity (Wildman–Crippen MR) is 86.3 cm³/mol. The van der Waals surface area contributed by atoms with Gasteiger partial charge in [-0.15, -0.1) is 0 Å². The van der Waals surface area contributed by atoms with Crippen LogP contribution in [-0.2, 0) is 7.05 Å². The zero-order valence-electron chi connectivity index (χ0n) is 12.1. The van der Waals surface area contributed by atoms with E-state index in [1.165, 1.54) is 0 Å². The van der Waals surface area contributed by atoms with Gasteiger partial charge in [-0.3, -0.25) is 4.79 Å². The molecule has 3 rings (SSSR count). The third-order valence-corrected chi connectivity index (χ3v) is 4.57. The molecule has 2 heterocycles. The maximum absolute atomic E-state index is 12.8. The number of carbonyl (C=O) groups excluding carboxylic acids is 1. The Balaban J connectivity index is 1.91. The van der Waals surface area contributed by atoms with Gasteiger partial charge in [-0.05, 0) is 18.2 Å². The molecule has 116 valence electrons. The van der Waals surface area contributed by atoms with Gasteiger partial charge < -0.3 is 14.8 Å². The molecule has 2 aromatic rings. The summed E-state index contributed by atoms with van der Waals surface area (Å²) in [6.45, 7) is 2.06. The highest BCUT2D eigenvalue weighted by molar-refractivity contribution is 6.42. The predicted octanol–water partition coefficient (Wildman–Crippen LogP) is 2.51. The lowest BCUT2D eigenvalue weighted by atomic mass is 10.1. The number of hydrogen-bond donors (Lipinski definition) is 1. The lowest BCUT2D eigenvalue weighted by molar-refractivity contribution is 0.0621. The fraction of sp³-hybridized carbons (Fsp3) is 0.333. The van der Waals surface area contributed by atoms with E-state index < -0.39 is 0 Å². The van der Waals surface area contributed by atoms with Gasteiger partial charge in [-0.1, -0.05) is 23.2 Å². The molecule has 1 N–H and O–H groups in total. The SMILES string of the molecule is Cn1ccnc1C1CNCCN1C(=O)c1ccc(Cl)c(Cl)c1. The summed E-state index contributed by atoms with van der Waals surface area (Å²) in [5, 5.41) is 4.14. The van der Waals surface area contributed by atoms with Crippen molar-refractivity contribution in [3.8, 4) is 0 Å². The van der Waals surface area contributed by atoms with Crippen LogP contribution in [0.2, 0.25) is 10.0 Å². The number of piperazine rings is 1. The highest BCUT2D eigenvalue weighted by atomic mass is 35.5. The number of carbonyl (C=O) groups is 1. The summed E-state index contributed by atoms with van der Waals surface area (Å²) in [6, 6.07) is 4.86. The number of imidazole rings is 1. The van der Waals surface area contributed by atoms with Gasteiger partial charge in [0.15, 0.2) is 0 Å². The normalized spacial score (nSPS) is 18.5. The van der Waals surface area contributed by atoms with Crippen molar-refractivity contribution in [2.75, 3.05) is 19.6 Å². The first-order valence-corrected chi connectivity index (χ1v) is 7.77. The van der Waals surface area contributed by atoms with Crippen LogP contribution in [-0.4, -0.2) is 40.0 Å². The summed E-state index contributed by atoms with van der Waals surface area (Å²) >= 11 is 11.9. The van der Waals surface area contributed by atoms with Gasteiger partial charge in [-0.25, -0.2) is 4.98 Å². The molecular weight excluding hydrogens is 323 g/mol. The minimum Gasteiger partial charge on any atom is -0.336 e. The highest BCUT2D eigenvalue weighted by Gasteiger charge is 2.31. The van der Waals surface area contributed by atoms with E-state index in [4.69, 9.17) is 23.2 Å². The van der Waals surface area contributed by atoms with E-state index in [-0.39, 0.29) is 11.9 Å². The number of aromatic nitrogens is 2. The number of aryl methyl sites for hydroxylation is 1. The van der Waals surface area contributed by atoms with E-state index in [9.17, 15) is 4.79 Å². The van der Waals surface area contributed by atoms with Crippen molar-refractivity contribution < 1.29 is 4.79 Å². The first kappa shape index (κ1) is 15.3. The summed E-state index contributed by atoms with van der Waals surface area (Å²) < 4.78 is 1.94. The summed E-state index contributed by atoms with van der Waals surface area (Å²) in [6.07, 6.45) is 3.62. The van der Waals surface area contributed by atoms with E-state index in [1.807, 2.05) is 22.7 Å². The van der Waals surface area contributed by atoms with Crippen LogP contribution in [0, 0.1) is 0 Å².